The fourth-order valence-electron chi connectivity index (χ4n) is 3.41. The van der Waals surface area contributed by atoms with Crippen LogP contribution in [0.15, 0.2) is 100 Å². The Labute approximate surface area is 190 Å². The molecule has 5 heteroatoms. The first-order valence-corrected chi connectivity index (χ1v) is 10.6. The number of nitrogens with zero attached hydrogens (tertiary/aromatic N) is 2. The topological polar surface area (TPSA) is 41.9 Å². The summed E-state index contributed by atoms with van der Waals surface area (Å²) in [6, 6.07) is 25.2. The Morgan fingerprint density at radius 1 is 0.968 bits per heavy atom. The molecule has 1 heterocycles. The van der Waals surface area contributed by atoms with Gasteiger partial charge in [-0.2, -0.15) is 10.1 Å². The van der Waals surface area contributed by atoms with Crippen molar-refractivity contribution in [3.63, 3.8) is 0 Å². The normalized spacial score (nSPS) is 15.4. The van der Waals surface area contributed by atoms with Gasteiger partial charge in [-0.25, -0.2) is 0 Å². The maximum atomic E-state index is 13.4. The number of hydrazone groups is 1. The first-order chi connectivity index (χ1) is 15.1. The van der Waals surface area contributed by atoms with Crippen LogP contribution in [0.3, 0.4) is 0 Å². The van der Waals surface area contributed by atoms with E-state index in [1.165, 1.54) is 5.01 Å². The van der Waals surface area contributed by atoms with E-state index in [-0.39, 0.29) is 5.91 Å². The summed E-state index contributed by atoms with van der Waals surface area (Å²) < 4.78 is 6.22. The van der Waals surface area contributed by atoms with E-state index in [1.807, 2.05) is 97.9 Å². The lowest BCUT2D eigenvalue weighted by Gasteiger charge is -2.13. The predicted octanol–water partition coefficient (Wildman–Crippen LogP) is 6.35. The lowest BCUT2D eigenvalue weighted by atomic mass is 9.96. The van der Waals surface area contributed by atoms with Crippen LogP contribution in [-0.4, -0.2) is 18.7 Å². The minimum atomic E-state index is -0.138. The van der Waals surface area contributed by atoms with Crippen molar-refractivity contribution in [2.24, 2.45) is 5.10 Å². The van der Waals surface area contributed by atoms with Gasteiger partial charge in [0.05, 0.1) is 24.1 Å². The van der Waals surface area contributed by atoms with E-state index in [2.05, 4.69) is 21.0 Å². The quantitative estimate of drug-likeness (QED) is 0.406. The van der Waals surface area contributed by atoms with Gasteiger partial charge < -0.3 is 4.74 Å². The third kappa shape index (κ3) is 4.52. The highest BCUT2D eigenvalue weighted by atomic mass is 79.9. The van der Waals surface area contributed by atoms with Crippen LogP contribution in [0.2, 0.25) is 0 Å². The number of carbonyl (C=O) groups excluding carboxylic acids is 1. The van der Waals surface area contributed by atoms with Crippen molar-refractivity contribution in [1.29, 1.82) is 0 Å². The lowest BCUT2D eigenvalue weighted by molar-refractivity contribution is -0.114. The molecule has 4 nitrogen and oxygen atoms in total. The molecule has 1 aliphatic rings. The van der Waals surface area contributed by atoms with E-state index in [4.69, 9.17) is 4.74 Å². The molecule has 31 heavy (non-hydrogen) atoms. The molecular weight excluding hydrogens is 452 g/mol. The molecule has 0 aliphatic carbocycles. The summed E-state index contributed by atoms with van der Waals surface area (Å²) in [5, 5.41) is 6.01. The predicted molar refractivity (Wildman–Crippen MR) is 130 cm³/mol. The molecule has 0 saturated heterocycles. The van der Waals surface area contributed by atoms with Crippen molar-refractivity contribution < 1.29 is 9.53 Å². The second-order valence-electron chi connectivity index (χ2n) is 7.04. The number of amides is 1. The van der Waals surface area contributed by atoms with Crippen molar-refractivity contribution in [3.8, 4) is 5.75 Å². The number of benzene rings is 3. The highest BCUT2D eigenvalue weighted by molar-refractivity contribution is 9.10. The van der Waals surface area contributed by atoms with E-state index < -0.39 is 0 Å². The highest BCUT2D eigenvalue weighted by Crippen LogP contribution is 2.31. The van der Waals surface area contributed by atoms with Crippen LogP contribution >= 0.6 is 15.9 Å². The number of carbonyl (C=O) groups is 1. The molecule has 1 amide bonds. The maximum Gasteiger partial charge on any atom is 0.281 e. The molecular formula is C26H21BrN2O2. The molecule has 0 bridgehead atoms. The van der Waals surface area contributed by atoms with Crippen LogP contribution < -0.4 is 9.75 Å². The average molecular weight is 473 g/mol. The number of anilines is 1. The average Bonchev–Trinajstić information content (AvgIpc) is 3.10. The van der Waals surface area contributed by atoms with Crippen molar-refractivity contribution >= 4 is 44.9 Å². The van der Waals surface area contributed by atoms with Crippen molar-refractivity contribution in [2.75, 3.05) is 12.1 Å². The summed E-state index contributed by atoms with van der Waals surface area (Å²) in [7, 11) is 1.65. The zero-order chi connectivity index (χ0) is 21.8. The highest BCUT2D eigenvalue weighted by Gasteiger charge is 2.31. The van der Waals surface area contributed by atoms with Crippen LogP contribution in [0, 0.1) is 0 Å². The molecule has 4 rings (SSSR count). The molecule has 0 fully saturated rings. The molecule has 1 aliphatic heterocycles. The lowest BCUT2D eigenvalue weighted by Crippen LogP contribution is -2.21. The minimum Gasteiger partial charge on any atom is -0.497 e. The Kier molecular flexibility index (Phi) is 6.14. The van der Waals surface area contributed by atoms with Gasteiger partial charge in [0.1, 0.15) is 5.75 Å². The Hall–Kier alpha value is -3.44. The molecule has 3 aromatic rings. The van der Waals surface area contributed by atoms with Crippen LogP contribution in [0.1, 0.15) is 18.1 Å². The van der Waals surface area contributed by atoms with Crippen molar-refractivity contribution in [1.82, 2.24) is 0 Å². The van der Waals surface area contributed by atoms with E-state index in [9.17, 15) is 4.79 Å². The van der Waals surface area contributed by atoms with Crippen LogP contribution in [0.4, 0.5) is 5.69 Å². The fraction of sp³-hybridized carbons (Fsp3) is 0.0769. The monoisotopic (exact) mass is 472 g/mol. The Morgan fingerprint density at radius 3 is 2.29 bits per heavy atom. The first-order valence-electron chi connectivity index (χ1n) is 9.84. The second kappa shape index (κ2) is 9.14. The molecule has 0 N–H and O–H groups in total. The number of allylic oxidation sites excluding steroid dienone is 2. The summed E-state index contributed by atoms with van der Waals surface area (Å²) >= 11 is 3.49. The first kappa shape index (κ1) is 20.8. The molecule has 0 radical (unpaired) electrons. The molecule has 0 atom stereocenters. The third-order valence-corrected chi connectivity index (χ3v) is 5.53. The van der Waals surface area contributed by atoms with Gasteiger partial charge in [0.25, 0.3) is 5.91 Å². The summed E-state index contributed by atoms with van der Waals surface area (Å²) in [5.41, 5.74) is 4.81. The summed E-state index contributed by atoms with van der Waals surface area (Å²) in [6.07, 6.45) is 3.97. The number of hydrogen-bond donors (Lipinski definition) is 0. The number of hydrogen-bond acceptors (Lipinski definition) is 3. The van der Waals surface area contributed by atoms with Crippen molar-refractivity contribution in [3.05, 3.63) is 106 Å². The van der Waals surface area contributed by atoms with Gasteiger partial charge in [-0.05, 0) is 60.0 Å². The molecule has 154 valence electrons. The van der Waals surface area contributed by atoms with Gasteiger partial charge in [-0.3, -0.25) is 4.79 Å². The molecule has 0 aromatic heterocycles. The van der Waals surface area contributed by atoms with Crippen LogP contribution in [0.5, 0.6) is 5.75 Å². The number of ether oxygens (including phenoxy) is 1. The van der Waals surface area contributed by atoms with E-state index in [0.717, 1.165) is 32.6 Å². The molecule has 0 unspecified atom stereocenters. The summed E-state index contributed by atoms with van der Waals surface area (Å²) in [6.45, 7) is 1.87. The molecule has 0 spiro atoms. The minimum absolute atomic E-state index is 0.138. The van der Waals surface area contributed by atoms with Gasteiger partial charge in [-0.15, -0.1) is 0 Å². The third-order valence-electron chi connectivity index (χ3n) is 5.00. The Balaban J connectivity index is 1.79. The Bertz CT molecular complexity index is 1180. The summed E-state index contributed by atoms with van der Waals surface area (Å²) in [5.74, 6) is 0.664. The summed E-state index contributed by atoms with van der Waals surface area (Å²) in [4.78, 5) is 13.4. The Morgan fingerprint density at radius 2 is 1.65 bits per heavy atom. The fourth-order valence-corrected chi connectivity index (χ4v) is 3.67. The molecule has 0 saturated carbocycles. The van der Waals surface area contributed by atoms with Crippen LogP contribution in [-0.2, 0) is 4.79 Å². The number of methoxy groups -OCH3 is 1. The maximum absolute atomic E-state index is 13.4. The van der Waals surface area contributed by atoms with Gasteiger partial charge >= 0.3 is 0 Å². The number of rotatable bonds is 5. The second-order valence-corrected chi connectivity index (χ2v) is 7.96. The largest absolute Gasteiger partial charge is 0.497 e. The number of para-hydroxylation sites is 1. The number of halogens is 1. The molecule has 3 aromatic carbocycles. The van der Waals surface area contributed by atoms with Crippen LogP contribution in [0.25, 0.3) is 11.6 Å². The van der Waals surface area contributed by atoms with Gasteiger partial charge in [0.2, 0.25) is 0 Å². The smallest absolute Gasteiger partial charge is 0.281 e. The zero-order valence-electron chi connectivity index (χ0n) is 17.2. The standard InChI is InChI=1S/C26H21BrN2O2/c1-18-25(26(30)29(28-18)22-6-4-3-5-7-22)24(20-11-13-21(27)14-12-20)17-10-19-8-15-23(31-2)16-9-19/h3-17H,1-2H3/b17-10-,25-24-. The van der Waals surface area contributed by atoms with Crippen molar-refractivity contribution in [2.45, 2.75) is 6.92 Å². The SMILES string of the molecule is COc1ccc(/C=C\C(=C2\C(=O)N(c3ccccc3)N=C2C)c2ccc(Br)cc2)cc1. The van der Waals surface area contributed by atoms with E-state index in [0.29, 0.717) is 11.3 Å². The van der Waals surface area contributed by atoms with E-state index >= 15 is 0 Å². The van der Waals surface area contributed by atoms with Gasteiger partial charge in [0.15, 0.2) is 0 Å². The van der Waals surface area contributed by atoms with Gasteiger partial charge in [-0.1, -0.05) is 70.5 Å². The van der Waals surface area contributed by atoms with E-state index in [1.54, 1.807) is 7.11 Å². The zero-order valence-corrected chi connectivity index (χ0v) is 18.8. The van der Waals surface area contributed by atoms with Gasteiger partial charge in [0, 0.05) is 4.47 Å².